The first-order valence-corrected chi connectivity index (χ1v) is 12.9. The number of thioether (sulfide) groups is 1. The van der Waals surface area contributed by atoms with E-state index in [9.17, 15) is 4.79 Å². The van der Waals surface area contributed by atoms with E-state index in [2.05, 4.69) is 26.7 Å². The van der Waals surface area contributed by atoms with E-state index in [1.165, 1.54) is 11.3 Å². The van der Waals surface area contributed by atoms with Crippen molar-refractivity contribution in [1.29, 1.82) is 0 Å². The van der Waals surface area contributed by atoms with Gasteiger partial charge in [0.1, 0.15) is 10.7 Å². The molecule has 0 aliphatic heterocycles. The van der Waals surface area contributed by atoms with Crippen LogP contribution in [0.4, 0.5) is 0 Å². The van der Waals surface area contributed by atoms with Gasteiger partial charge in [-0.3, -0.25) is 4.79 Å². The Labute approximate surface area is 188 Å². The summed E-state index contributed by atoms with van der Waals surface area (Å²) in [6, 6.07) is 8.08. The fourth-order valence-corrected chi connectivity index (χ4v) is 6.69. The molecule has 1 unspecified atom stereocenters. The average molecular weight is 472 g/mol. The highest BCUT2D eigenvalue weighted by atomic mass is 32.2. The quantitative estimate of drug-likeness (QED) is 0.312. The Morgan fingerprint density at radius 1 is 1.13 bits per heavy atom. The van der Waals surface area contributed by atoms with Crippen molar-refractivity contribution in [2.45, 2.75) is 30.8 Å². The molecule has 10 heteroatoms. The maximum atomic E-state index is 12.9. The molecule has 30 heavy (non-hydrogen) atoms. The van der Waals surface area contributed by atoms with E-state index in [0.717, 1.165) is 37.7 Å². The summed E-state index contributed by atoms with van der Waals surface area (Å²) in [4.78, 5) is 23.6. The van der Waals surface area contributed by atoms with Crippen molar-refractivity contribution in [3.63, 3.8) is 0 Å². The first-order chi connectivity index (χ1) is 14.7. The number of nitrogens with zero attached hydrogens (tertiary/aromatic N) is 4. The van der Waals surface area contributed by atoms with Crippen molar-refractivity contribution in [2.75, 3.05) is 0 Å². The monoisotopic (exact) mass is 471 g/mol. The molecule has 5 heterocycles. The molecule has 5 aromatic rings. The topological polar surface area (TPSA) is 76.5 Å². The molecule has 0 radical (unpaired) electrons. The molecule has 1 atom stereocenters. The standard InChI is InChI=1S/C20H17N5OS4/c1-3-25-17(14-7-5-9-28-14)23-24-20(25)30-11(2)16-21-18(26)15-12(10-29-19(15)22-16)13-6-4-8-27-13/h4-11H,3H2,1-2H3,(H,21,22,26). The smallest absolute Gasteiger partial charge is 0.260 e. The van der Waals surface area contributed by atoms with Crippen LogP contribution >= 0.6 is 45.8 Å². The van der Waals surface area contributed by atoms with Gasteiger partial charge in [0.15, 0.2) is 11.0 Å². The van der Waals surface area contributed by atoms with Gasteiger partial charge in [-0.15, -0.1) is 44.2 Å². The zero-order chi connectivity index (χ0) is 20.7. The summed E-state index contributed by atoms with van der Waals surface area (Å²) >= 11 is 6.34. The highest BCUT2D eigenvalue weighted by Gasteiger charge is 2.20. The second-order valence-electron chi connectivity index (χ2n) is 6.55. The minimum absolute atomic E-state index is 0.0694. The number of hydrogen-bond donors (Lipinski definition) is 1. The van der Waals surface area contributed by atoms with Crippen LogP contribution in [-0.4, -0.2) is 24.7 Å². The fraction of sp³-hybridized carbons (Fsp3) is 0.200. The van der Waals surface area contributed by atoms with Crippen LogP contribution in [0.25, 0.3) is 31.4 Å². The highest BCUT2D eigenvalue weighted by Crippen LogP contribution is 2.37. The maximum absolute atomic E-state index is 12.9. The van der Waals surface area contributed by atoms with Crippen LogP contribution in [0.1, 0.15) is 24.9 Å². The van der Waals surface area contributed by atoms with E-state index in [-0.39, 0.29) is 10.8 Å². The van der Waals surface area contributed by atoms with Gasteiger partial charge in [-0.2, -0.15) is 0 Å². The molecule has 0 saturated carbocycles. The molecular formula is C20H17N5OS4. The molecule has 0 aliphatic rings. The van der Waals surface area contributed by atoms with Crippen molar-refractivity contribution in [1.82, 2.24) is 24.7 Å². The Hall–Kier alpha value is -2.27. The van der Waals surface area contributed by atoms with Crippen molar-refractivity contribution in [2.24, 2.45) is 0 Å². The summed E-state index contributed by atoms with van der Waals surface area (Å²) in [6.45, 7) is 4.88. The number of fused-ring (bicyclic) bond motifs is 1. The lowest BCUT2D eigenvalue weighted by atomic mass is 10.2. The van der Waals surface area contributed by atoms with E-state index < -0.39 is 0 Å². The Kier molecular flexibility index (Phi) is 5.32. The van der Waals surface area contributed by atoms with Gasteiger partial charge in [-0.25, -0.2) is 4.98 Å². The number of nitrogens with one attached hydrogen (secondary N) is 1. The SMILES string of the molecule is CCn1c(SC(C)c2nc3scc(-c4cccs4)c3c(=O)[nH]2)nnc1-c1cccs1. The molecule has 0 spiro atoms. The number of thiophene rings is 3. The predicted molar refractivity (Wildman–Crippen MR) is 127 cm³/mol. The summed E-state index contributed by atoms with van der Waals surface area (Å²) in [5.74, 6) is 1.53. The molecule has 0 saturated heterocycles. The van der Waals surface area contributed by atoms with Crippen molar-refractivity contribution < 1.29 is 0 Å². The zero-order valence-electron chi connectivity index (χ0n) is 16.2. The lowest BCUT2D eigenvalue weighted by Gasteiger charge is -2.11. The van der Waals surface area contributed by atoms with E-state index in [4.69, 9.17) is 4.98 Å². The van der Waals surface area contributed by atoms with Gasteiger partial charge in [0.25, 0.3) is 5.56 Å². The van der Waals surface area contributed by atoms with Crippen LogP contribution in [0.15, 0.2) is 50.4 Å². The highest BCUT2D eigenvalue weighted by molar-refractivity contribution is 7.99. The van der Waals surface area contributed by atoms with Gasteiger partial charge >= 0.3 is 0 Å². The fourth-order valence-electron chi connectivity index (χ4n) is 3.23. The Morgan fingerprint density at radius 2 is 1.90 bits per heavy atom. The van der Waals surface area contributed by atoms with E-state index in [1.807, 2.05) is 47.3 Å². The number of aromatic amines is 1. The molecule has 0 bridgehead atoms. The van der Waals surface area contributed by atoms with E-state index in [1.54, 1.807) is 34.4 Å². The summed E-state index contributed by atoms with van der Waals surface area (Å²) in [6.07, 6.45) is 0. The third-order valence-electron chi connectivity index (χ3n) is 4.69. The molecule has 0 aromatic carbocycles. The third kappa shape index (κ3) is 3.43. The lowest BCUT2D eigenvalue weighted by molar-refractivity contribution is 0.685. The minimum atomic E-state index is -0.0941. The van der Waals surface area contributed by atoms with Crippen LogP contribution in [0.5, 0.6) is 0 Å². The first kappa shape index (κ1) is 19.7. The normalized spacial score (nSPS) is 12.6. The first-order valence-electron chi connectivity index (χ1n) is 9.34. The summed E-state index contributed by atoms with van der Waals surface area (Å²) in [5, 5.41) is 16.3. The van der Waals surface area contributed by atoms with Crippen LogP contribution in [-0.2, 0) is 6.54 Å². The second kappa shape index (κ2) is 8.10. The van der Waals surface area contributed by atoms with E-state index >= 15 is 0 Å². The molecule has 0 fully saturated rings. The Bertz CT molecular complexity index is 1350. The molecule has 5 rings (SSSR count). The molecule has 0 aliphatic carbocycles. The molecular weight excluding hydrogens is 455 g/mol. The van der Waals surface area contributed by atoms with Gasteiger partial charge in [0.2, 0.25) is 0 Å². The summed E-state index contributed by atoms with van der Waals surface area (Å²) in [7, 11) is 0. The number of rotatable bonds is 6. The van der Waals surface area contributed by atoms with Crippen molar-refractivity contribution in [3.8, 4) is 21.1 Å². The van der Waals surface area contributed by atoms with Crippen LogP contribution in [0.2, 0.25) is 0 Å². The van der Waals surface area contributed by atoms with Crippen LogP contribution in [0.3, 0.4) is 0 Å². The predicted octanol–water partition coefficient (Wildman–Crippen LogP) is 5.91. The van der Waals surface area contributed by atoms with E-state index in [0.29, 0.717) is 11.2 Å². The lowest BCUT2D eigenvalue weighted by Crippen LogP contribution is -2.12. The Balaban J connectivity index is 1.47. The second-order valence-corrected chi connectivity index (χ2v) is 10.6. The molecule has 152 valence electrons. The minimum Gasteiger partial charge on any atom is -0.309 e. The van der Waals surface area contributed by atoms with Gasteiger partial charge in [0, 0.05) is 22.4 Å². The van der Waals surface area contributed by atoms with Gasteiger partial charge in [0.05, 0.1) is 15.5 Å². The summed E-state index contributed by atoms with van der Waals surface area (Å²) in [5.41, 5.74) is 0.861. The number of aromatic nitrogens is 5. The Morgan fingerprint density at radius 3 is 2.60 bits per heavy atom. The molecule has 6 nitrogen and oxygen atoms in total. The van der Waals surface area contributed by atoms with Gasteiger partial charge < -0.3 is 9.55 Å². The zero-order valence-corrected chi connectivity index (χ0v) is 19.4. The summed E-state index contributed by atoms with van der Waals surface area (Å²) < 4.78 is 2.10. The molecule has 5 aromatic heterocycles. The van der Waals surface area contributed by atoms with Crippen LogP contribution in [0, 0.1) is 0 Å². The molecule has 0 amide bonds. The maximum Gasteiger partial charge on any atom is 0.260 e. The van der Waals surface area contributed by atoms with Crippen molar-refractivity contribution in [3.05, 3.63) is 56.6 Å². The average Bonchev–Trinajstić information content (AvgIpc) is 3.53. The number of hydrogen-bond acceptors (Lipinski definition) is 8. The number of H-pyrrole nitrogens is 1. The van der Waals surface area contributed by atoms with Crippen molar-refractivity contribution >= 4 is 56.0 Å². The largest absolute Gasteiger partial charge is 0.309 e. The van der Waals surface area contributed by atoms with Crippen LogP contribution < -0.4 is 5.56 Å². The third-order valence-corrected chi connectivity index (χ3v) is 8.42. The molecule has 1 N–H and O–H groups in total. The van der Waals surface area contributed by atoms with Gasteiger partial charge in [-0.1, -0.05) is 23.9 Å². The van der Waals surface area contributed by atoms with Gasteiger partial charge in [-0.05, 0) is 36.7 Å².